The highest BCUT2D eigenvalue weighted by molar-refractivity contribution is 4.92. The molecule has 2 rings (SSSR count). The maximum absolute atomic E-state index is 9.82. The van der Waals surface area contributed by atoms with E-state index in [-0.39, 0.29) is 19.6 Å². The van der Waals surface area contributed by atoms with Crippen molar-refractivity contribution in [3.8, 4) is 0 Å². The molecule has 0 amide bonds. The van der Waals surface area contributed by atoms with Crippen LogP contribution in [0.4, 0.5) is 0 Å². The van der Waals surface area contributed by atoms with Crippen LogP contribution in [0.1, 0.15) is 6.42 Å². The SMILES string of the molecule is NC[C@@H]1O[C@H](OC2OC(CO)CC2O)[C@H](N)[C@@H](O)[C@H]1O. The normalized spacial score (nSPS) is 49.5. The second-order valence-corrected chi connectivity index (χ2v) is 5.09. The highest BCUT2D eigenvalue weighted by Crippen LogP contribution is 2.27. The number of hydrogen-bond donors (Lipinski definition) is 6. The molecule has 3 unspecified atom stereocenters. The van der Waals surface area contributed by atoms with Crippen LogP contribution in [0.15, 0.2) is 0 Å². The molecule has 20 heavy (non-hydrogen) atoms. The van der Waals surface area contributed by atoms with Crippen molar-refractivity contribution < 1.29 is 34.6 Å². The summed E-state index contributed by atoms with van der Waals surface area (Å²) in [6, 6.07) is -1.00. The van der Waals surface area contributed by atoms with Crippen LogP contribution in [0.2, 0.25) is 0 Å². The topological polar surface area (TPSA) is 161 Å². The van der Waals surface area contributed by atoms with Crippen molar-refractivity contribution >= 4 is 0 Å². The number of aliphatic hydroxyl groups is 4. The molecule has 2 aliphatic rings. The van der Waals surface area contributed by atoms with E-state index in [0.717, 1.165) is 0 Å². The minimum absolute atomic E-state index is 0.0157. The molecule has 2 saturated heterocycles. The summed E-state index contributed by atoms with van der Waals surface area (Å²) < 4.78 is 16.0. The molecule has 0 bridgehead atoms. The van der Waals surface area contributed by atoms with Gasteiger partial charge in [-0.15, -0.1) is 0 Å². The number of nitrogens with two attached hydrogens (primary N) is 2. The monoisotopic (exact) mass is 294 g/mol. The third-order valence-corrected chi connectivity index (χ3v) is 3.60. The van der Waals surface area contributed by atoms with Crippen LogP contribution in [0.3, 0.4) is 0 Å². The Labute approximate surface area is 116 Å². The molecule has 2 fully saturated rings. The number of aliphatic hydroxyl groups excluding tert-OH is 4. The van der Waals surface area contributed by atoms with Gasteiger partial charge in [-0.2, -0.15) is 0 Å². The van der Waals surface area contributed by atoms with E-state index in [4.69, 9.17) is 30.8 Å². The van der Waals surface area contributed by atoms with Crippen LogP contribution in [0, 0.1) is 0 Å². The predicted octanol–water partition coefficient (Wildman–Crippen LogP) is -3.80. The molecule has 118 valence electrons. The minimum atomic E-state index is -1.26. The van der Waals surface area contributed by atoms with Crippen LogP contribution in [-0.4, -0.2) is 82.7 Å². The second-order valence-electron chi connectivity index (χ2n) is 5.09. The van der Waals surface area contributed by atoms with Crippen molar-refractivity contribution in [2.75, 3.05) is 13.2 Å². The van der Waals surface area contributed by atoms with Gasteiger partial charge in [-0.25, -0.2) is 0 Å². The molecule has 9 nitrogen and oxygen atoms in total. The van der Waals surface area contributed by atoms with E-state index in [0.29, 0.717) is 0 Å². The highest BCUT2D eigenvalue weighted by Gasteiger charge is 2.45. The average Bonchev–Trinajstić information content (AvgIpc) is 2.80. The summed E-state index contributed by atoms with van der Waals surface area (Å²) in [6.45, 7) is -0.251. The van der Waals surface area contributed by atoms with E-state index in [1.807, 2.05) is 0 Å². The zero-order chi connectivity index (χ0) is 14.9. The molecule has 0 aromatic carbocycles. The molecule has 8 atom stereocenters. The summed E-state index contributed by atoms with van der Waals surface area (Å²) in [5.74, 6) is 0. The van der Waals surface area contributed by atoms with Gasteiger partial charge in [0.2, 0.25) is 0 Å². The first-order valence-electron chi connectivity index (χ1n) is 6.55. The smallest absolute Gasteiger partial charge is 0.187 e. The Hall–Kier alpha value is -0.360. The van der Waals surface area contributed by atoms with Crippen LogP contribution in [-0.2, 0) is 14.2 Å². The molecule has 0 radical (unpaired) electrons. The van der Waals surface area contributed by atoms with Gasteiger partial charge in [-0.3, -0.25) is 0 Å². The molecule has 9 heteroatoms. The lowest BCUT2D eigenvalue weighted by Crippen LogP contribution is -2.63. The zero-order valence-corrected chi connectivity index (χ0v) is 10.9. The van der Waals surface area contributed by atoms with Crippen LogP contribution < -0.4 is 11.5 Å². The van der Waals surface area contributed by atoms with Gasteiger partial charge in [0, 0.05) is 13.0 Å². The molecule has 0 aromatic heterocycles. The number of ether oxygens (including phenoxy) is 3. The summed E-state index contributed by atoms with van der Waals surface area (Å²) in [5, 5.41) is 38.3. The molecule has 2 aliphatic heterocycles. The fourth-order valence-electron chi connectivity index (χ4n) is 2.36. The lowest BCUT2D eigenvalue weighted by molar-refractivity contribution is -0.311. The van der Waals surface area contributed by atoms with Gasteiger partial charge in [0.1, 0.15) is 24.4 Å². The van der Waals surface area contributed by atoms with E-state index in [2.05, 4.69) is 0 Å². The van der Waals surface area contributed by atoms with Gasteiger partial charge in [0.05, 0.1) is 18.8 Å². The molecule has 0 aromatic rings. The summed E-state index contributed by atoms with van der Waals surface area (Å²) >= 11 is 0. The van der Waals surface area contributed by atoms with Crippen molar-refractivity contribution in [2.24, 2.45) is 11.5 Å². The molecule has 2 heterocycles. The van der Waals surface area contributed by atoms with Gasteiger partial charge in [-0.05, 0) is 0 Å². The van der Waals surface area contributed by atoms with Crippen molar-refractivity contribution in [1.82, 2.24) is 0 Å². The number of hydrogen-bond acceptors (Lipinski definition) is 9. The average molecular weight is 294 g/mol. The largest absolute Gasteiger partial charge is 0.394 e. The Morgan fingerprint density at radius 2 is 1.80 bits per heavy atom. The minimum Gasteiger partial charge on any atom is -0.394 e. The second kappa shape index (κ2) is 6.60. The third-order valence-electron chi connectivity index (χ3n) is 3.60. The molecule has 8 N–H and O–H groups in total. The van der Waals surface area contributed by atoms with Gasteiger partial charge in [-0.1, -0.05) is 0 Å². The maximum Gasteiger partial charge on any atom is 0.187 e. The quantitative estimate of drug-likeness (QED) is 0.305. The first-order chi connectivity index (χ1) is 9.47. The summed E-state index contributed by atoms with van der Waals surface area (Å²) in [7, 11) is 0. The molecular formula is C11H22N2O7. The Bertz CT molecular complexity index is 319. The van der Waals surface area contributed by atoms with Crippen LogP contribution >= 0.6 is 0 Å². The maximum atomic E-state index is 9.82. The van der Waals surface area contributed by atoms with E-state index in [1.54, 1.807) is 0 Å². The molecular weight excluding hydrogens is 272 g/mol. The summed E-state index contributed by atoms with van der Waals surface area (Å²) in [4.78, 5) is 0. The van der Waals surface area contributed by atoms with E-state index < -0.39 is 49.1 Å². The summed E-state index contributed by atoms with van der Waals surface area (Å²) in [6.07, 6.45) is -6.57. The number of rotatable bonds is 4. The lowest BCUT2D eigenvalue weighted by Gasteiger charge is -2.41. The Kier molecular flexibility index (Phi) is 5.29. The summed E-state index contributed by atoms with van der Waals surface area (Å²) in [5.41, 5.74) is 11.2. The van der Waals surface area contributed by atoms with Crippen LogP contribution in [0.25, 0.3) is 0 Å². The van der Waals surface area contributed by atoms with Crippen molar-refractivity contribution in [3.63, 3.8) is 0 Å². The Morgan fingerprint density at radius 1 is 1.10 bits per heavy atom. The fourth-order valence-corrected chi connectivity index (χ4v) is 2.36. The van der Waals surface area contributed by atoms with E-state index >= 15 is 0 Å². The zero-order valence-electron chi connectivity index (χ0n) is 10.9. The third kappa shape index (κ3) is 3.11. The molecule has 0 saturated carbocycles. The van der Waals surface area contributed by atoms with Crippen molar-refractivity contribution in [2.45, 2.75) is 55.6 Å². The predicted molar refractivity (Wildman–Crippen MR) is 65.2 cm³/mol. The van der Waals surface area contributed by atoms with Gasteiger partial charge < -0.3 is 46.1 Å². The Balaban J connectivity index is 1.97. The van der Waals surface area contributed by atoms with Crippen molar-refractivity contribution in [1.29, 1.82) is 0 Å². The van der Waals surface area contributed by atoms with Crippen LogP contribution in [0.5, 0.6) is 0 Å². The fraction of sp³-hybridized carbons (Fsp3) is 1.00. The first-order valence-corrected chi connectivity index (χ1v) is 6.55. The molecule has 0 aliphatic carbocycles. The molecule has 0 spiro atoms. The van der Waals surface area contributed by atoms with Crippen molar-refractivity contribution in [3.05, 3.63) is 0 Å². The standard InChI is InChI=1S/C11H22N2O7/c12-2-6-8(16)9(17)7(13)11(19-6)20-10-5(15)1-4(3-14)18-10/h4-11,14-17H,1-3,12-13H2/t4?,5?,6-,7+,8-,9+,10?,11+/m0/s1. The Morgan fingerprint density at radius 3 is 2.35 bits per heavy atom. The van der Waals surface area contributed by atoms with E-state index in [9.17, 15) is 15.3 Å². The highest BCUT2D eigenvalue weighted by atomic mass is 16.8. The van der Waals surface area contributed by atoms with Gasteiger partial charge >= 0.3 is 0 Å². The van der Waals surface area contributed by atoms with Gasteiger partial charge in [0.15, 0.2) is 12.6 Å². The lowest BCUT2D eigenvalue weighted by atomic mass is 9.97. The van der Waals surface area contributed by atoms with Gasteiger partial charge in [0.25, 0.3) is 0 Å². The first kappa shape index (κ1) is 16.0. The van der Waals surface area contributed by atoms with E-state index in [1.165, 1.54) is 0 Å².